The highest BCUT2D eigenvalue weighted by Crippen LogP contribution is 2.28. The molecule has 0 fully saturated rings. The van der Waals surface area contributed by atoms with E-state index in [1.54, 1.807) is 12.1 Å². The fraction of sp³-hybridized carbons (Fsp3) is 0.200. The lowest BCUT2D eigenvalue weighted by molar-refractivity contribution is -0.123. The van der Waals surface area contributed by atoms with Crippen LogP contribution >= 0.6 is 45.2 Å². The lowest BCUT2D eigenvalue weighted by Crippen LogP contribution is -2.48. The number of amides is 2. The Morgan fingerprint density at radius 2 is 1.48 bits per heavy atom. The van der Waals surface area contributed by atoms with Gasteiger partial charge in [0.25, 0.3) is 0 Å². The van der Waals surface area contributed by atoms with Crippen LogP contribution in [0.4, 0.5) is 4.79 Å². The van der Waals surface area contributed by atoms with E-state index in [4.69, 9.17) is 4.74 Å². The Morgan fingerprint density at radius 1 is 0.909 bits per heavy atom. The Hall–Kier alpha value is -2.34. The molecule has 0 saturated carbocycles. The van der Waals surface area contributed by atoms with Gasteiger partial charge in [-0.2, -0.15) is 0 Å². The summed E-state index contributed by atoms with van der Waals surface area (Å²) < 4.78 is 6.69. The van der Waals surface area contributed by atoms with E-state index < -0.39 is 12.1 Å². The Morgan fingerprint density at radius 3 is 2.09 bits per heavy atom. The predicted octanol–water partition coefficient (Wildman–Crippen LogP) is 5.32. The smallest absolute Gasteiger partial charge is 0.408 e. The molecule has 0 aliphatic carbocycles. The highest BCUT2D eigenvalue weighted by atomic mass is 127. The average molecular weight is 670 g/mol. The van der Waals surface area contributed by atoms with Crippen molar-refractivity contribution in [1.82, 2.24) is 10.6 Å². The molecule has 2 atom stereocenters. The summed E-state index contributed by atoms with van der Waals surface area (Å²) in [5, 5.41) is 15.7. The number of alkyl carbamates (subject to hydrolysis) is 1. The van der Waals surface area contributed by atoms with Crippen molar-refractivity contribution in [2.24, 2.45) is 0 Å². The summed E-state index contributed by atoms with van der Waals surface area (Å²) >= 11 is 4.09. The molecular formula is C25H24I2N2O4. The molecule has 3 aromatic rings. The fourth-order valence-electron chi connectivity index (χ4n) is 3.23. The lowest BCUT2D eigenvalue weighted by Gasteiger charge is -2.22. The van der Waals surface area contributed by atoms with Crippen LogP contribution < -0.4 is 10.6 Å². The third-order valence-corrected chi connectivity index (χ3v) is 6.64. The van der Waals surface area contributed by atoms with Crippen molar-refractivity contribution in [2.45, 2.75) is 32.0 Å². The van der Waals surface area contributed by atoms with Gasteiger partial charge in [0.05, 0.1) is 13.2 Å². The van der Waals surface area contributed by atoms with Gasteiger partial charge in [0, 0.05) is 6.42 Å². The lowest BCUT2D eigenvalue weighted by atomic mass is 10.0. The molecule has 0 saturated heterocycles. The molecule has 6 nitrogen and oxygen atoms in total. The van der Waals surface area contributed by atoms with E-state index in [2.05, 4.69) is 10.6 Å². The van der Waals surface area contributed by atoms with Crippen LogP contribution in [-0.2, 0) is 22.6 Å². The van der Waals surface area contributed by atoms with Gasteiger partial charge in [-0.05, 0) is 80.9 Å². The average Bonchev–Trinajstić information content (AvgIpc) is 2.82. The summed E-state index contributed by atoms with van der Waals surface area (Å²) in [6, 6.07) is 21.5. The number of phenols is 1. The number of hydrogen-bond acceptors (Lipinski definition) is 4. The molecule has 2 amide bonds. The Kier molecular flexibility index (Phi) is 9.36. The summed E-state index contributed by atoms with van der Waals surface area (Å²) in [5.41, 5.74) is 2.64. The van der Waals surface area contributed by atoms with E-state index in [1.165, 1.54) is 0 Å². The monoisotopic (exact) mass is 670 g/mol. The Balaban J connectivity index is 1.73. The van der Waals surface area contributed by atoms with E-state index in [0.717, 1.165) is 16.7 Å². The van der Waals surface area contributed by atoms with Crippen LogP contribution in [-0.4, -0.2) is 23.1 Å². The molecule has 33 heavy (non-hydrogen) atoms. The molecule has 0 heterocycles. The van der Waals surface area contributed by atoms with E-state index in [1.807, 2.05) is 113 Å². The van der Waals surface area contributed by atoms with E-state index in [9.17, 15) is 14.7 Å². The topological polar surface area (TPSA) is 87.7 Å². The van der Waals surface area contributed by atoms with Gasteiger partial charge in [-0.1, -0.05) is 60.7 Å². The van der Waals surface area contributed by atoms with Crippen molar-refractivity contribution in [3.8, 4) is 5.75 Å². The van der Waals surface area contributed by atoms with Crippen molar-refractivity contribution < 1.29 is 19.4 Å². The largest absolute Gasteiger partial charge is 0.506 e. The van der Waals surface area contributed by atoms with Crippen molar-refractivity contribution in [3.05, 3.63) is 96.6 Å². The van der Waals surface area contributed by atoms with Gasteiger partial charge in [0.15, 0.2) is 0 Å². The summed E-state index contributed by atoms with van der Waals surface area (Å²) in [7, 11) is 0. The van der Waals surface area contributed by atoms with Crippen LogP contribution in [0.2, 0.25) is 0 Å². The first-order chi connectivity index (χ1) is 15.8. The van der Waals surface area contributed by atoms with Crippen LogP contribution in [0.5, 0.6) is 5.75 Å². The summed E-state index contributed by atoms with van der Waals surface area (Å²) in [6.07, 6.45) is -0.422. The van der Waals surface area contributed by atoms with Gasteiger partial charge in [-0.3, -0.25) is 4.79 Å². The number of carbonyl (C=O) groups is 2. The first-order valence-corrected chi connectivity index (χ1v) is 12.5. The number of halogens is 2. The number of aromatic hydroxyl groups is 1. The van der Waals surface area contributed by atoms with E-state index in [-0.39, 0.29) is 30.7 Å². The summed E-state index contributed by atoms with van der Waals surface area (Å²) in [6.45, 7) is 2.00. The molecule has 3 aromatic carbocycles. The summed E-state index contributed by atoms with van der Waals surface area (Å²) in [5.74, 6) is -0.116. The van der Waals surface area contributed by atoms with Crippen molar-refractivity contribution in [1.29, 1.82) is 0 Å². The second kappa shape index (κ2) is 12.2. The van der Waals surface area contributed by atoms with E-state index in [0.29, 0.717) is 7.14 Å². The minimum atomic E-state index is -0.851. The fourth-order valence-corrected chi connectivity index (χ4v) is 5.12. The molecule has 172 valence electrons. The van der Waals surface area contributed by atoms with Gasteiger partial charge >= 0.3 is 6.09 Å². The van der Waals surface area contributed by atoms with Crippen molar-refractivity contribution in [3.63, 3.8) is 0 Å². The van der Waals surface area contributed by atoms with Crippen LogP contribution in [0.1, 0.15) is 29.7 Å². The number of phenolic OH excluding ortho intramolecular Hbond substituents is 1. The van der Waals surface area contributed by atoms with Crippen molar-refractivity contribution >= 4 is 57.2 Å². The van der Waals surface area contributed by atoms with Crippen LogP contribution in [0.15, 0.2) is 72.8 Å². The molecule has 0 spiro atoms. The second-order valence-electron chi connectivity index (χ2n) is 7.51. The first-order valence-electron chi connectivity index (χ1n) is 10.3. The van der Waals surface area contributed by atoms with Gasteiger partial charge in [0.2, 0.25) is 5.91 Å². The third kappa shape index (κ3) is 7.60. The molecule has 3 rings (SSSR count). The number of rotatable bonds is 8. The number of ether oxygens (including phenoxy) is 1. The third-order valence-electron chi connectivity index (χ3n) is 5.00. The number of hydrogen-bond donors (Lipinski definition) is 3. The highest BCUT2D eigenvalue weighted by Gasteiger charge is 2.24. The normalized spacial score (nSPS) is 12.5. The molecule has 0 aliphatic rings. The van der Waals surface area contributed by atoms with Gasteiger partial charge in [-0.25, -0.2) is 4.79 Å². The molecule has 0 aliphatic heterocycles. The van der Waals surface area contributed by atoms with Crippen molar-refractivity contribution in [2.75, 3.05) is 0 Å². The number of carbonyl (C=O) groups excluding carboxylic acids is 2. The quantitative estimate of drug-likeness (QED) is 0.284. The molecule has 0 unspecified atom stereocenters. The number of nitrogens with one attached hydrogen (secondary N) is 2. The number of benzene rings is 3. The molecule has 0 bridgehead atoms. The van der Waals surface area contributed by atoms with Crippen LogP contribution in [0, 0.1) is 7.14 Å². The molecule has 3 N–H and O–H groups in total. The zero-order chi connectivity index (χ0) is 23.8. The van der Waals surface area contributed by atoms with E-state index >= 15 is 0 Å². The Bertz CT molecular complexity index is 1070. The van der Waals surface area contributed by atoms with Gasteiger partial charge in [-0.15, -0.1) is 0 Å². The maximum Gasteiger partial charge on any atom is 0.408 e. The van der Waals surface area contributed by atoms with Crippen LogP contribution in [0.3, 0.4) is 0 Å². The predicted molar refractivity (Wildman–Crippen MR) is 144 cm³/mol. The zero-order valence-corrected chi connectivity index (χ0v) is 22.2. The zero-order valence-electron chi connectivity index (χ0n) is 17.9. The molecular weight excluding hydrogens is 646 g/mol. The minimum Gasteiger partial charge on any atom is -0.506 e. The molecule has 0 aromatic heterocycles. The second-order valence-corrected chi connectivity index (χ2v) is 9.84. The standard InChI is InChI=1S/C25H24I2N2O4/c1-16(19-10-6-3-7-11-19)28-24(31)22(14-18-12-20(26)23(30)21(27)13-18)29-25(32)33-15-17-8-4-2-5-9-17/h2-13,16,22,30H,14-15H2,1H3,(H,28,31)(H,29,32)/t16-,22+/m1/s1. The highest BCUT2D eigenvalue weighted by molar-refractivity contribution is 14.1. The summed E-state index contributed by atoms with van der Waals surface area (Å²) in [4.78, 5) is 25.7. The molecule has 0 radical (unpaired) electrons. The van der Waals surface area contributed by atoms with Gasteiger partial charge in [0.1, 0.15) is 18.4 Å². The molecule has 8 heteroatoms. The minimum absolute atomic E-state index is 0.108. The maximum atomic E-state index is 13.1. The first kappa shape index (κ1) is 25.3. The van der Waals surface area contributed by atoms with Crippen LogP contribution in [0.25, 0.3) is 0 Å². The maximum absolute atomic E-state index is 13.1. The SMILES string of the molecule is C[C@@H](NC(=O)[C@H](Cc1cc(I)c(O)c(I)c1)NC(=O)OCc1ccccc1)c1ccccc1. The van der Waals surface area contributed by atoms with Gasteiger partial charge < -0.3 is 20.5 Å². The Labute approximate surface area is 220 Å².